The Labute approximate surface area is 183 Å². The van der Waals surface area contributed by atoms with Crippen LogP contribution in [-0.4, -0.2) is 71.5 Å². The monoisotopic (exact) mass is 460 g/mol. The molecule has 0 saturated carbocycles. The third-order valence-corrected chi connectivity index (χ3v) is 5.81. The lowest BCUT2D eigenvalue weighted by molar-refractivity contribution is -0.291. The van der Waals surface area contributed by atoms with Crippen molar-refractivity contribution in [1.82, 2.24) is 14.5 Å². The van der Waals surface area contributed by atoms with Gasteiger partial charge in [-0.15, -0.1) is 0 Å². The van der Waals surface area contributed by atoms with Gasteiger partial charge in [0.2, 0.25) is 5.60 Å². The Hall–Kier alpha value is -2.30. The van der Waals surface area contributed by atoms with Gasteiger partial charge in [0.1, 0.15) is 5.92 Å². The number of ether oxygens (including phenoxy) is 1. The number of aliphatic hydroxyl groups is 1. The molecular formula is C20H24ClF3N4O3. The van der Waals surface area contributed by atoms with Gasteiger partial charge < -0.3 is 19.3 Å². The highest BCUT2D eigenvalue weighted by molar-refractivity contribution is 6.30. The number of aryl methyl sites for hydroxylation is 1. The summed E-state index contributed by atoms with van der Waals surface area (Å²) < 4.78 is 48.1. The molecule has 0 unspecified atom stereocenters. The Kier molecular flexibility index (Phi) is 6.82. The van der Waals surface area contributed by atoms with E-state index in [2.05, 4.69) is 14.6 Å². The van der Waals surface area contributed by atoms with E-state index in [1.54, 1.807) is 11.0 Å². The first-order valence-electron chi connectivity index (χ1n) is 9.65. The van der Waals surface area contributed by atoms with E-state index in [4.69, 9.17) is 11.6 Å². The topological polar surface area (TPSA) is 70.8 Å². The second-order valence-corrected chi connectivity index (χ2v) is 7.91. The lowest BCUT2D eigenvalue weighted by Crippen LogP contribution is -2.58. The molecule has 0 aliphatic carbocycles. The number of methoxy groups -OCH3 is 1. The summed E-state index contributed by atoms with van der Waals surface area (Å²) in [4.78, 5) is 19.9. The van der Waals surface area contributed by atoms with Crippen molar-refractivity contribution in [1.29, 1.82) is 0 Å². The quantitative estimate of drug-likeness (QED) is 0.668. The number of hydrogen-bond acceptors (Lipinski definition) is 6. The average molecular weight is 461 g/mol. The summed E-state index contributed by atoms with van der Waals surface area (Å²) in [6.07, 6.45) is -2.72. The molecule has 2 aromatic rings. The predicted molar refractivity (Wildman–Crippen MR) is 109 cm³/mol. The lowest BCUT2D eigenvalue weighted by atomic mass is 9.84. The zero-order chi connectivity index (χ0) is 22.8. The molecule has 1 aliphatic heterocycles. The molecule has 31 heavy (non-hydrogen) atoms. The fourth-order valence-electron chi connectivity index (χ4n) is 3.85. The summed E-state index contributed by atoms with van der Waals surface area (Å²) in [5, 5.41) is 11.5. The first kappa shape index (κ1) is 23.4. The average Bonchev–Trinajstić information content (AvgIpc) is 3.17. The molecule has 1 saturated heterocycles. The van der Waals surface area contributed by atoms with Crippen LogP contribution in [0, 0.1) is 5.92 Å². The van der Waals surface area contributed by atoms with Gasteiger partial charge in [-0.1, -0.05) is 17.7 Å². The van der Waals surface area contributed by atoms with Crippen LogP contribution in [0.4, 0.5) is 18.9 Å². The van der Waals surface area contributed by atoms with Crippen molar-refractivity contribution in [2.75, 3.05) is 44.7 Å². The zero-order valence-electron chi connectivity index (χ0n) is 17.1. The van der Waals surface area contributed by atoms with E-state index < -0.39 is 29.5 Å². The van der Waals surface area contributed by atoms with Gasteiger partial charge in [-0.05, 0) is 18.2 Å². The summed E-state index contributed by atoms with van der Waals surface area (Å²) >= 11 is 6.04. The van der Waals surface area contributed by atoms with E-state index in [-0.39, 0.29) is 6.54 Å². The Bertz CT molecular complexity index is 915. The van der Waals surface area contributed by atoms with Gasteiger partial charge in [-0.3, -0.25) is 9.69 Å². The number of rotatable bonds is 6. The third-order valence-electron chi connectivity index (χ3n) is 5.57. The second-order valence-electron chi connectivity index (χ2n) is 7.47. The highest BCUT2D eigenvalue weighted by Gasteiger charge is 2.65. The van der Waals surface area contributed by atoms with Crippen LogP contribution in [-0.2, 0) is 22.2 Å². The summed E-state index contributed by atoms with van der Waals surface area (Å²) in [6, 6.07) is 7.31. The number of anilines is 1. The summed E-state index contributed by atoms with van der Waals surface area (Å²) in [5.41, 5.74) is -2.58. The highest BCUT2D eigenvalue weighted by atomic mass is 35.5. The van der Waals surface area contributed by atoms with E-state index >= 15 is 0 Å². The largest absolute Gasteiger partial charge is 0.469 e. The number of nitrogens with zero attached hydrogens (tertiary/aromatic N) is 4. The molecule has 11 heteroatoms. The van der Waals surface area contributed by atoms with Crippen molar-refractivity contribution in [3.63, 3.8) is 0 Å². The molecule has 3 rings (SSSR count). The van der Waals surface area contributed by atoms with Gasteiger partial charge in [0.25, 0.3) is 0 Å². The molecule has 1 aromatic heterocycles. The lowest BCUT2D eigenvalue weighted by Gasteiger charge is -2.41. The molecule has 1 aromatic carbocycles. The molecule has 1 fully saturated rings. The van der Waals surface area contributed by atoms with Crippen LogP contribution in [0.5, 0.6) is 0 Å². The van der Waals surface area contributed by atoms with Gasteiger partial charge in [-0.25, -0.2) is 4.98 Å². The number of piperazine rings is 1. The first-order chi connectivity index (χ1) is 14.6. The molecular weight excluding hydrogens is 437 g/mol. The number of alkyl halides is 3. The van der Waals surface area contributed by atoms with E-state index in [9.17, 15) is 23.1 Å². The number of carbonyl (C=O) groups excluding carboxylic acids is 1. The first-order valence-corrected chi connectivity index (χ1v) is 10.0. The third kappa shape index (κ3) is 4.65. The van der Waals surface area contributed by atoms with Crippen molar-refractivity contribution in [3.8, 4) is 0 Å². The molecule has 7 nitrogen and oxygen atoms in total. The minimum absolute atomic E-state index is 0.334. The predicted octanol–water partition coefficient (Wildman–Crippen LogP) is 2.43. The number of benzene rings is 1. The molecule has 0 radical (unpaired) electrons. The van der Waals surface area contributed by atoms with Crippen LogP contribution < -0.4 is 4.90 Å². The molecule has 2 heterocycles. The number of hydrogen-bond donors (Lipinski definition) is 1. The number of esters is 1. The minimum Gasteiger partial charge on any atom is -0.469 e. The number of aromatic nitrogens is 2. The summed E-state index contributed by atoms with van der Waals surface area (Å²) in [6.45, 7) is 1.52. The minimum atomic E-state index is -5.15. The summed E-state index contributed by atoms with van der Waals surface area (Å²) in [7, 11) is 2.33. The van der Waals surface area contributed by atoms with Gasteiger partial charge in [0.05, 0.1) is 7.11 Å². The van der Waals surface area contributed by atoms with Gasteiger partial charge in [0.15, 0.2) is 5.82 Å². The molecule has 1 N–H and O–H groups in total. The maximum atomic E-state index is 14.1. The number of imidazole rings is 1. The zero-order valence-corrected chi connectivity index (χ0v) is 17.9. The summed E-state index contributed by atoms with van der Waals surface area (Å²) in [5.74, 6) is -3.72. The van der Waals surface area contributed by atoms with Crippen LogP contribution in [0.15, 0.2) is 36.7 Å². The fraction of sp³-hybridized carbons (Fsp3) is 0.500. The van der Waals surface area contributed by atoms with E-state index in [1.807, 2.05) is 18.2 Å². The second kappa shape index (κ2) is 9.05. The smallest absolute Gasteiger partial charge is 0.425 e. The Morgan fingerprint density at radius 3 is 2.48 bits per heavy atom. The van der Waals surface area contributed by atoms with Crippen LogP contribution in [0.2, 0.25) is 5.02 Å². The number of carbonyl (C=O) groups is 1. The van der Waals surface area contributed by atoms with Crippen molar-refractivity contribution in [2.24, 2.45) is 13.0 Å². The van der Waals surface area contributed by atoms with Crippen molar-refractivity contribution in [3.05, 3.63) is 47.5 Å². The van der Waals surface area contributed by atoms with E-state index in [0.29, 0.717) is 31.2 Å². The van der Waals surface area contributed by atoms with Gasteiger partial charge in [-0.2, -0.15) is 13.2 Å². The van der Waals surface area contributed by atoms with E-state index in [0.717, 1.165) is 23.6 Å². The highest BCUT2D eigenvalue weighted by Crippen LogP contribution is 2.44. The SMILES string of the molecule is COC(=O)[C@H](CN1CCN(c2cccc(Cl)c2)CC1)[C@@](O)(c1nccn1C)C(F)(F)F. The fourth-order valence-corrected chi connectivity index (χ4v) is 4.04. The Balaban J connectivity index is 1.82. The standard InChI is InChI=1S/C20H24ClF3N4O3/c1-26-7-6-25-18(26)19(30,20(22,23)24)16(17(29)31-2)13-27-8-10-28(11-9-27)15-5-3-4-14(21)12-15/h3-7,12,16,30H,8-11,13H2,1-2H3/t16-,19+/m0/s1. The van der Waals surface area contributed by atoms with Crippen LogP contribution in [0.3, 0.4) is 0 Å². The van der Waals surface area contributed by atoms with Crippen LogP contribution in [0.25, 0.3) is 0 Å². The number of halogens is 4. The van der Waals surface area contributed by atoms with E-state index in [1.165, 1.54) is 13.2 Å². The maximum Gasteiger partial charge on any atom is 0.425 e. The van der Waals surface area contributed by atoms with Crippen molar-refractivity contribution >= 4 is 23.3 Å². The van der Waals surface area contributed by atoms with Crippen molar-refractivity contribution < 1.29 is 27.8 Å². The van der Waals surface area contributed by atoms with Crippen LogP contribution >= 0.6 is 11.6 Å². The Morgan fingerprint density at radius 1 is 1.29 bits per heavy atom. The molecule has 1 aliphatic rings. The van der Waals surface area contributed by atoms with Gasteiger partial charge >= 0.3 is 12.1 Å². The molecule has 2 atom stereocenters. The Morgan fingerprint density at radius 2 is 1.97 bits per heavy atom. The van der Waals surface area contributed by atoms with Gasteiger partial charge in [0, 0.05) is 62.9 Å². The molecule has 0 amide bonds. The maximum absolute atomic E-state index is 14.1. The molecule has 170 valence electrons. The van der Waals surface area contributed by atoms with Crippen LogP contribution in [0.1, 0.15) is 5.82 Å². The normalized spacial score (nSPS) is 18.5. The molecule has 0 bridgehead atoms. The van der Waals surface area contributed by atoms with Crippen molar-refractivity contribution in [2.45, 2.75) is 11.8 Å². The molecule has 0 spiro atoms.